The third-order valence-corrected chi connectivity index (χ3v) is 7.05. The van der Waals surface area contributed by atoms with Crippen LogP contribution >= 0.6 is 11.8 Å². The van der Waals surface area contributed by atoms with Crippen LogP contribution in [0.25, 0.3) is 11.3 Å². The summed E-state index contributed by atoms with van der Waals surface area (Å²) in [7, 11) is 0. The maximum absolute atomic E-state index is 14.6. The minimum Gasteiger partial charge on any atom is -0.337 e. The van der Waals surface area contributed by atoms with E-state index in [1.165, 1.54) is 10.5 Å². The number of anilines is 1. The molecule has 29 heavy (non-hydrogen) atoms. The van der Waals surface area contributed by atoms with Gasteiger partial charge in [-0.15, -0.1) is 11.8 Å². The van der Waals surface area contributed by atoms with Crippen molar-refractivity contribution in [1.29, 1.82) is 5.26 Å². The summed E-state index contributed by atoms with van der Waals surface area (Å²) >= 11 is 1.78. The van der Waals surface area contributed by atoms with E-state index in [1.54, 1.807) is 11.8 Å². The molecule has 2 aromatic rings. The van der Waals surface area contributed by atoms with Gasteiger partial charge in [-0.2, -0.15) is 14.0 Å². The first-order valence-electron chi connectivity index (χ1n) is 9.96. The molecule has 5 rings (SSSR count). The van der Waals surface area contributed by atoms with Crippen LogP contribution in [0.1, 0.15) is 36.1 Å². The van der Waals surface area contributed by atoms with Gasteiger partial charge in [-0.05, 0) is 24.5 Å². The average molecular weight is 413 g/mol. The standard InChI is InChI=1S/C21H21F2N5S/c22-21(23)6-3-16-18(13-1-2-14-12-25-8-10-29-17(14)11-13)26-20(27-19(16)21)28-9-5-15(28)4-7-24/h1-2,11,15,25H,3-6,8-10,12H2. The fraction of sp³-hybridized carbons (Fsp3) is 0.476. The monoisotopic (exact) mass is 413 g/mol. The summed E-state index contributed by atoms with van der Waals surface area (Å²) < 4.78 is 29.2. The number of alkyl halides is 2. The van der Waals surface area contributed by atoms with E-state index in [2.05, 4.69) is 28.5 Å². The molecule has 8 heteroatoms. The van der Waals surface area contributed by atoms with Crippen LogP contribution in [0.3, 0.4) is 0 Å². The second-order valence-corrected chi connectivity index (χ2v) is 8.89. The van der Waals surface area contributed by atoms with Crippen molar-refractivity contribution in [3.05, 3.63) is 35.0 Å². The molecule has 0 bridgehead atoms. The van der Waals surface area contributed by atoms with Crippen LogP contribution < -0.4 is 10.2 Å². The van der Waals surface area contributed by atoms with Gasteiger partial charge in [-0.3, -0.25) is 0 Å². The molecular formula is C21H21F2N5S. The molecule has 1 aromatic heterocycles. The zero-order chi connectivity index (χ0) is 20.0. The highest BCUT2D eigenvalue weighted by Gasteiger charge is 2.44. The maximum atomic E-state index is 14.6. The van der Waals surface area contributed by atoms with Crippen LogP contribution in [0.2, 0.25) is 0 Å². The Hall–Kier alpha value is -2.24. The van der Waals surface area contributed by atoms with E-state index in [0.29, 0.717) is 30.2 Å². The fourth-order valence-corrected chi connectivity index (χ4v) is 5.24. The van der Waals surface area contributed by atoms with Gasteiger partial charge in [0, 0.05) is 53.9 Å². The van der Waals surface area contributed by atoms with Crippen molar-refractivity contribution in [3.8, 4) is 17.3 Å². The lowest BCUT2D eigenvalue weighted by Crippen LogP contribution is -2.48. The summed E-state index contributed by atoms with van der Waals surface area (Å²) in [5.41, 5.74) is 3.14. The summed E-state index contributed by atoms with van der Waals surface area (Å²) in [6, 6.07) is 8.31. The van der Waals surface area contributed by atoms with Gasteiger partial charge in [0.1, 0.15) is 5.69 Å². The van der Waals surface area contributed by atoms with E-state index < -0.39 is 5.92 Å². The molecule has 1 atom stereocenters. The normalized spacial score (nSPS) is 22.2. The average Bonchev–Trinajstić information content (AvgIpc) is 2.87. The summed E-state index contributed by atoms with van der Waals surface area (Å²) in [4.78, 5) is 12.1. The Kier molecular flexibility index (Phi) is 4.67. The van der Waals surface area contributed by atoms with E-state index in [-0.39, 0.29) is 24.6 Å². The van der Waals surface area contributed by atoms with Gasteiger partial charge < -0.3 is 10.2 Å². The van der Waals surface area contributed by atoms with E-state index in [0.717, 1.165) is 30.8 Å². The number of halogens is 2. The molecule has 2 aliphatic heterocycles. The first-order valence-corrected chi connectivity index (χ1v) is 10.9. The number of fused-ring (bicyclic) bond motifs is 2. The lowest BCUT2D eigenvalue weighted by molar-refractivity contribution is -0.00595. The summed E-state index contributed by atoms with van der Waals surface area (Å²) in [6.45, 7) is 2.46. The zero-order valence-corrected chi connectivity index (χ0v) is 16.7. The van der Waals surface area contributed by atoms with E-state index in [4.69, 9.17) is 10.2 Å². The number of nitrogens with zero attached hydrogens (tertiary/aromatic N) is 4. The molecule has 1 unspecified atom stereocenters. The van der Waals surface area contributed by atoms with Gasteiger partial charge in [-0.1, -0.05) is 12.1 Å². The quantitative estimate of drug-likeness (QED) is 0.824. The second kappa shape index (κ2) is 7.22. The highest BCUT2D eigenvalue weighted by Crippen LogP contribution is 2.45. The molecular weight excluding hydrogens is 392 g/mol. The molecule has 0 saturated carbocycles. The van der Waals surface area contributed by atoms with Crippen LogP contribution in [-0.4, -0.2) is 34.9 Å². The summed E-state index contributed by atoms with van der Waals surface area (Å²) in [6.07, 6.45) is 1.28. The third kappa shape index (κ3) is 3.26. The topological polar surface area (TPSA) is 64.8 Å². The zero-order valence-electron chi connectivity index (χ0n) is 15.9. The van der Waals surface area contributed by atoms with Crippen LogP contribution in [0.4, 0.5) is 14.7 Å². The number of hydrogen-bond acceptors (Lipinski definition) is 6. The summed E-state index contributed by atoms with van der Waals surface area (Å²) in [5.74, 6) is -1.62. The van der Waals surface area contributed by atoms with Crippen LogP contribution in [-0.2, 0) is 18.9 Å². The predicted molar refractivity (Wildman–Crippen MR) is 108 cm³/mol. The Morgan fingerprint density at radius 3 is 3.03 bits per heavy atom. The van der Waals surface area contributed by atoms with Gasteiger partial charge in [0.2, 0.25) is 5.95 Å². The van der Waals surface area contributed by atoms with Crippen molar-refractivity contribution in [2.75, 3.05) is 23.7 Å². The molecule has 1 N–H and O–H groups in total. The SMILES string of the molecule is N#CCC1CCN1c1nc(-c2ccc3c(c2)SCCNC3)c2c(n1)C(F)(F)CC2. The molecule has 0 spiro atoms. The Labute approximate surface area is 172 Å². The number of thioether (sulfide) groups is 1. The molecule has 0 amide bonds. The van der Waals surface area contributed by atoms with Crippen LogP contribution in [0.15, 0.2) is 23.1 Å². The lowest BCUT2D eigenvalue weighted by atomic mass is 10.0. The highest BCUT2D eigenvalue weighted by molar-refractivity contribution is 7.99. The minimum absolute atomic E-state index is 0.00889. The van der Waals surface area contributed by atoms with Gasteiger partial charge in [0.25, 0.3) is 5.92 Å². The van der Waals surface area contributed by atoms with Crippen molar-refractivity contribution in [1.82, 2.24) is 15.3 Å². The Morgan fingerprint density at radius 2 is 2.24 bits per heavy atom. The van der Waals surface area contributed by atoms with Gasteiger partial charge in [0.15, 0.2) is 0 Å². The maximum Gasteiger partial charge on any atom is 0.290 e. The number of hydrogen-bond donors (Lipinski definition) is 1. The van der Waals surface area contributed by atoms with Gasteiger partial charge >= 0.3 is 0 Å². The first kappa shape index (κ1) is 18.8. The minimum atomic E-state index is -2.93. The Morgan fingerprint density at radius 1 is 1.34 bits per heavy atom. The molecule has 1 fully saturated rings. The van der Waals surface area contributed by atoms with E-state index >= 15 is 0 Å². The number of nitriles is 1. The van der Waals surface area contributed by atoms with E-state index in [1.807, 2.05) is 11.0 Å². The second-order valence-electron chi connectivity index (χ2n) is 7.75. The Balaban J connectivity index is 1.61. The van der Waals surface area contributed by atoms with Crippen molar-refractivity contribution >= 4 is 17.7 Å². The predicted octanol–water partition coefficient (Wildman–Crippen LogP) is 3.87. The van der Waals surface area contributed by atoms with Crippen molar-refractivity contribution in [2.24, 2.45) is 0 Å². The Bertz CT molecular complexity index is 1000. The molecule has 5 nitrogen and oxygen atoms in total. The van der Waals surface area contributed by atoms with Crippen LogP contribution in [0, 0.1) is 11.3 Å². The van der Waals surface area contributed by atoms with Crippen molar-refractivity contribution < 1.29 is 8.78 Å². The molecule has 150 valence electrons. The largest absolute Gasteiger partial charge is 0.337 e. The van der Waals surface area contributed by atoms with E-state index in [9.17, 15) is 8.78 Å². The lowest BCUT2D eigenvalue weighted by Gasteiger charge is -2.40. The van der Waals surface area contributed by atoms with Crippen molar-refractivity contribution in [3.63, 3.8) is 0 Å². The number of aromatic nitrogens is 2. The first-order chi connectivity index (χ1) is 14.1. The summed E-state index contributed by atoms with van der Waals surface area (Å²) in [5, 5.41) is 12.4. The number of nitrogens with one attached hydrogen (secondary N) is 1. The third-order valence-electron chi connectivity index (χ3n) is 5.95. The molecule has 3 heterocycles. The molecule has 1 saturated heterocycles. The number of rotatable bonds is 3. The van der Waals surface area contributed by atoms with Gasteiger partial charge in [-0.25, -0.2) is 9.97 Å². The van der Waals surface area contributed by atoms with Crippen LogP contribution in [0.5, 0.6) is 0 Å². The molecule has 0 radical (unpaired) electrons. The smallest absolute Gasteiger partial charge is 0.290 e. The number of benzene rings is 1. The fourth-order valence-electron chi connectivity index (χ4n) is 4.24. The molecule has 1 aromatic carbocycles. The molecule has 3 aliphatic rings. The van der Waals surface area contributed by atoms with Gasteiger partial charge in [0.05, 0.1) is 18.2 Å². The molecule has 1 aliphatic carbocycles. The highest BCUT2D eigenvalue weighted by atomic mass is 32.2. The van der Waals surface area contributed by atoms with Crippen molar-refractivity contribution in [2.45, 2.75) is 49.1 Å².